The molecule has 2 rings (SSSR count). The van der Waals surface area contributed by atoms with E-state index < -0.39 is 5.82 Å². The van der Waals surface area contributed by atoms with Gasteiger partial charge in [-0.15, -0.1) is 0 Å². The van der Waals surface area contributed by atoms with E-state index in [9.17, 15) is 9.18 Å². The molecule has 0 saturated carbocycles. The Kier molecular flexibility index (Phi) is 10.6. The summed E-state index contributed by atoms with van der Waals surface area (Å²) in [5.41, 5.74) is 2.45. The number of benzene rings is 2. The monoisotopic (exact) mass is 455 g/mol. The number of nitrogens with one attached hydrogen (secondary N) is 2. The summed E-state index contributed by atoms with van der Waals surface area (Å²) in [4.78, 5) is 16.4. The number of carbonyl (C=O) groups excluding carboxylic acids is 1. The molecule has 0 aliphatic heterocycles. The Morgan fingerprint density at radius 3 is 2.42 bits per heavy atom. The zero-order chi connectivity index (χ0) is 24.2. The molecule has 2 N–H and O–H groups in total. The first kappa shape index (κ1) is 26.1. The summed E-state index contributed by atoms with van der Waals surface area (Å²) in [7, 11) is 1.57. The molecule has 0 spiro atoms. The average molecular weight is 456 g/mol. The number of halogens is 1. The third kappa shape index (κ3) is 8.69. The second kappa shape index (κ2) is 13.4. The molecule has 0 aliphatic rings. The number of rotatable bonds is 13. The van der Waals surface area contributed by atoms with Crippen molar-refractivity contribution in [3.63, 3.8) is 0 Å². The predicted molar refractivity (Wildman–Crippen MR) is 134 cm³/mol. The summed E-state index contributed by atoms with van der Waals surface area (Å²) in [6.45, 7) is 10.7. The maximum absolute atomic E-state index is 14.9. The van der Waals surface area contributed by atoms with E-state index in [4.69, 9.17) is 9.47 Å². The van der Waals surface area contributed by atoms with Crippen molar-refractivity contribution in [1.29, 1.82) is 0 Å². The molecule has 0 aliphatic carbocycles. The minimum Gasteiger partial charge on any atom is -0.491 e. The molecule has 0 radical (unpaired) electrons. The molecular weight excluding hydrogens is 421 g/mol. The zero-order valence-corrected chi connectivity index (χ0v) is 19.9. The number of nitrogens with zero attached hydrogens (tertiary/aromatic N) is 1. The molecule has 6 nitrogen and oxygen atoms in total. The summed E-state index contributed by atoms with van der Waals surface area (Å²) < 4.78 is 25.4. The Labute approximate surface area is 195 Å². The number of hydrogen-bond donors (Lipinski definition) is 2. The molecule has 2 aromatic rings. The van der Waals surface area contributed by atoms with Gasteiger partial charge in [-0.1, -0.05) is 26.8 Å². The van der Waals surface area contributed by atoms with Crippen LogP contribution in [0.1, 0.15) is 45.6 Å². The first-order chi connectivity index (χ1) is 15.8. The van der Waals surface area contributed by atoms with Crippen molar-refractivity contribution < 1.29 is 18.7 Å². The third-order valence-corrected chi connectivity index (χ3v) is 4.82. The molecule has 2 aromatic carbocycles. The van der Waals surface area contributed by atoms with E-state index in [0.29, 0.717) is 54.1 Å². The van der Waals surface area contributed by atoms with Crippen molar-refractivity contribution >= 4 is 34.9 Å². The van der Waals surface area contributed by atoms with Crippen LogP contribution in [-0.4, -0.2) is 32.4 Å². The highest BCUT2D eigenvalue weighted by Gasteiger charge is 2.15. The van der Waals surface area contributed by atoms with Crippen LogP contribution in [0.5, 0.6) is 5.75 Å². The van der Waals surface area contributed by atoms with Crippen molar-refractivity contribution in [2.75, 3.05) is 31.0 Å². The molecule has 0 atom stereocenters. The van der Waals surface area contributed by atoms with Crippen LogP contribution in [0.3, 0.4) is 0 Å². The molecule has 0 unspecified atom stereocenters. The van der Waals surface area contributed by atoms with Crippen molar-refractivity contribution in [2.24, 2.45) is 10.9 Å². The SMILES string of the molecule is C=C(Nc1ccc(NC(=O)CCCC(C)C)cc1)c1c(F)cc(OCCOC)cc1N=CC. The quantitative estimate of drug-likeness (QED) is 0.270. The fourth-order valence-corrected chi connectivity index (χ4v) is 3.20. The first-order valence-electron chi connectivity index (χ1n) is 11.1. The van der Waals surface area contributed by atoms with E-state index in [-0.39, 0.29) is 11.5 Å². The lowest BCUT2D eigenvalue weighted by atomic mass is 10.1. The molecule has 7 heteroatoms. The van der Waals surface area contributed by atoms with Gasteiger partial charge in [0.2, 0.25) is 5.91 Å². The molecular formula is C26H34FN3O3. The zero-order valence-electron chi connectivity index (χ0n) is 19.9. The number of carbonyl (C=O) groups is 1. The second-order valence-corrected chi connectivity index (χ2v) is 8.04. The van der Waals surface area contributed by atoms with Crippen LogP contribution in [0.15, 0.2) is 48.0 Å². The lowest BCUT2D eigenvalue weighted by Gasteiger charge is -2.15. The van der Waals surface area contributed by atoms with Gasteiger partial charge in [-0.05, 0) is 43.5 Å². The van der Waals surface area contributed by atoms with Gasteiger partial charge in [0.05, 0.1) is 17.9 Å². The van der Waals surface area contributed by atoms with Gasteiger partial charge in [0.25, 0.3) is 0 Å². The van der Waals surface area contributed by atoms with Crippen molar-refractivity contribution in [1.82, 2.24) is 0 Å². The maximum atomic E-state index is 14.9. The normalized spacial score (nSPS) is 11.1. The topological polar surface area (TPSA) is 72.0 Å². The first-order valence-corrected chi connectivity index (χ1v) is 11.1. The maximum Gasteiger partial charge on any atom is 0.224 e. The number of aliphatic imine (C=N–C) groups is 1. The summed E-state index contributed by atoms with van der Waals surface area (Å²) in [6.07, 6.45) is 3.98. The Morgan fingerprint density at radius 1 is 1.15 bits per heavy atom. The molecule has 0 aromatic heterocycles. The minimum absolute atomic E-state index is 0.00211. The highest BCUT2D eigenvalue weighted by molar-refractivity contribution is 5.91. The number of methoxy groups -OCH3 is 1. The van der Waals surface area contributed by atoms with Gasteiger partial charge < -0.3 is 20.1 Å². The van der Waals surface area contributed by atoms with Crippen molar-refractivity contribution in [3.8, 4) is 5.75 Å². The molecule has 0 bridgehead atoms. The van der Waals surface area contributed by atoms with E-state index in [2.05, 4.69) is 36.1 Å². The van der Waals surface area contributed by atoms with Gasteiger partial charge in [-0.2, -0.15) is 0 Å². The summed E-state index contributed by atoms with van der Waals surface area (Å²) in [6, 6.07) is 10.2. The number of anilines is 2. The van der Waals surface area contributed by atoms with E-state index in [0.717, 1.165) is 12.8 Å². The molecule has 0 fully saturated rings. The van der Waals surface area contributed by atoms with Gasteiger partial charge in [0.15, 0.2) is 0 Å². The van der Waals surface area contributed by atoms with Crippen LogP contribution in [0.4, 0.5) is 21.5 Å². The van der Waals surface area contributed by atoms with E-state index in [1.807, 2.05) is 0 Å². The fraction of sp³-hybridized carbons (Fsp3) is 0.385. The van der Waals surface area contributed by atoms with Gasteiger partial charge >= 0.3 is 0 Å². The summed E-state index contributed by atoms with van der Waals surface area (Å²) in [5, 5.41) is 6.01. The summed E-state index contributed by atoms with van der Waals surface area (Å²) >= 11 is 0. The van der Waals surface area contributed by atoms with Crippen LogP contribution in [0.25, 0.3) is 5.70 Å². The van der Waals surface area contributed by atoms with Crippen molar-refractivity contribution in [3.05, 3.63) is 54.4 Å². The molecule has 0 saturated heterocycles. The van der Waals surface area contributed by atoms with Crippen LogP contribution in [0, 0.1) is 11.7 Å². The molecule has 1 amide bonds. The van der Waals surface area contributed by atoms with Gasteiger partial charge in [-0.3, -0.25) is 9.79 Å². The van der Waals surface area contributed by atoms with Crippen LogP contribution >= 0.6 is 0 Å². The number of amides is 1. The summed E-state index contributed by atoms with van der Waals surface area (Å²) in [5.74, 6) is 0.463. The lowest BCUT2D eigenvalue weighted by Crippen LogP contribution is -2.11. The van der Waals surface area contributed by atoms with Gasteiger partial charge in [0.1, 0.15) is 18.2 Å². The predicted octanol–water partition coefficient (Wildman–Crippen LogP) is 6.42. The van der Waals surface area contributed by atoms with Crippen LogP contribution in [0.2, 0.25) is 0 Å². The smallest absolute Gasteiger partial charge is 0.224 e. The largest absolute Gasteiger partial charge is 0.491 e. The van der Waals surface area contributed by atoms with E-state index in [1.165, 1.54) is 6.07 Å². The Bertz CT molecular complexity index is 956. The number of hydrogen-bond acceptors (Lipinski definition) is 5. The second-order valence-electron chi connectivity index (χ2n) is 8.04. The fourth-order valence-electron chi connectivity index (χ4n) is 3.20. The van der Waals surface area contributed by atoms with E-state index >= 15 is 0 Å². The highest BCUT2D eigenvalue weighted by Crippen LogP contribution is 2.33. The lowest BCUT2D eigenvalue weighted by molar-refractivity contribution is -0.116. The minimum atomic E-state index is -0.492. The highest BCUT2D eigenvalue weighted by atomic mass is 19.1. The van der Waals surface area contributed by atoms with Gasteiger partial charge in [0, 0.05) is 48.9 Å². The van der Waals surface area contributed by atoms with Gasteiger partial charge in [-0.25, -0.2) is 4.39 Å². The van der Waals surface area contributed by atoms with Crippen LogP contribution in [-0.2, 0) is 9.53 Å². The average Bonchev–Trinajstić information content (AvgIpc) is 2.75. The van der Waals surface area contributed by atoms with E-state index in [1.54, 1.807) is 50.6 Å². The number of ether oxygens (including phenoxy) is 2. The molecule has 178 valence electrons. The van der Waals surface area contributed by atoms with Crippen LogP contribution < -0.4 is 15.4 Å². The third-order valence-electron chi connectivity index (χ3n) is 4.82. The Balaban J connectivity index is 2.06. The molecule has 0 heterocycles. The Hall–Kier alpha value is -3.19. The Morgan fingerprint density at radius 2 is 1.82 bits per heavy atom. The standard InChI is InChI=1S/C26H34FN3O3/c1-6-28-24-17-22(33-15-14-32-5)16-23(27)26(24)19(4)29-20-10-12-21(13-11-20)30-25(31)9-7-8-18(2)3/h6,10-13,16-18,29H,4,7-9,14-15H2,1-3,5H3,(H,30,31). The van der Waals surface area contributed by atoms with Crippen molar-refractivity contribution in [2.45, 2.75) is 40.0 Å². The molecule has 33 heavy (non-hydrogen) atoms.